The summed E-state index contributed by atoms with van der Waals surface area (Å²) in [6.45, 7) is 6.61. The fraction of sp³-hybridized carbons (Fsp3) is 0.452. The van der Waals surface area contributed by atoms with Crippen LogP contribution >= 0.6 is 0 Å². The molecule has 1 saturated carbocycles. The molecule has 0 spiro atoms. The van der Waals surface area contributed by atoms with Crippen molar-refractivity contribution in [1.82, 2.24) is 10.3 Å². The SMILES string of the molecule is CNCC1CC(=O)C2=C(C1)O[C@@H]1C(=C2)C=C[C@@]2(C)[C@H]1CC(C)(OC(C)=O)[C@@H]2c1ccc2ccncc2c1. The number of ketones is 1. The molecule has 2 aromatic rings. The predicted octanol–water partition coefficient (Wildman–Crippen LogP) is 5.01. The highest BCUT2D eigenvalue weighted by molar-refractivity contribution is 6.00. The molecule has 0 radical (unpaired) electrons. The van der Waals surface area contributed by atoms with Gasteiger partial charge < -0.3 is 14.8 Å². The first-order valence-electron chi connectivity index (χ1n) is 13.2. The van der Waals surface area contributed by atoms with Gasteiger partial charge in [0, 0.05) is 54.8 Å². The van der Waals surface area contributed by atoms with Crippen LogP contribution in [0.4, 0.5) is 0 Å². The molecule has 1 fully saturated rings. The summed E-state index contributed by atoms with van der Waals surface area (Å²) >= 11 is 0. The molecule has 1 N–H and O–H groups in total. The van der Waals surface area contributed by atoms with Gasteiger partial charge in [0.15, 0.2) is 5.78 Å². The molecule has 4 aliphatic rings. The van der Waals surface area contributed by atoms with Gasteiger partial charge in [-0.1, -0.05) is 31.2 Å². The molecule has 6 atom stereocenters. The number of carbonyl (C=O) groups excluding carboxylic acids is 2. The molecule has 1 aromatic heterocycles. The number of allylic oxidation sites excluding steroid dienone is 4. The van der Waals surface area contributed by atoms with Crippen molar-refractivity contribution in [2.45, 2.75) is 57.7 Å². The third-order valence-electron chi connectivity index (χ3n) is 8.98. The normalized spacial score (nSPS) is 34.4. The van der Waals surface area contributed by atoms with Crippen LogP contribution in [0.25, 0.3) is 10.8 Å². The minimum absolute atomic E-state index is 0.0692. The highest BCUT2D eigenvalue weighted by Crippen LogP contribution is 2.64. The molecule has 1 aromatic carbocycles. The summed E-state index contributed by atoms with van der Waals surface area (Å²) in [7, 11) is 1.92. The van der Waals surface area contributed by atoms with E-state index in [4.69, 9.17) is 9.47 Å². The largest absolute Gasteiger partial charge is 0.489 e. The van der Waals surface area contributed by atoms with Crippen molar-refractivity contribution in [3.05, 3.63) is 77.4 Å². The monoisotopic (exact) mass is 498 g/mol. The van der Waals surface area contributed by atoms with E-state index >= 15 is 0 Å². The first-order chi connectivity index (χ1) is 17.7. The van der Waals surface area contributed by atoms with E-state index in [0.29, 0.717) is 12.8 Å². The molecule has 0 saturated heterocycles. The molecular formula is C31H34N2O4. The molecule has 37 heavy (non-hydrogen) atoms. The number of nitrogens with zero attached hydrogens (tertiary/aromatic N) is 1. The van der Waals surface area contributed by atoms with Gasteiger partial charge in [-0.15, -0.1) is 0 Å². The molecule has 2 unspecified atom stereocenters. The van der Waals surface area contributed by atoms with Gasteiger partial charge in [-0.2, -0.15) is 0 Å². The van der Waals surface area contributed by atoms with E-state index in [0.717, 1.165) is 46.2 Å². The van der Waals surface area contributed by atoms with Crippen LogP contribution in [-0.2, 0) is 19.1 Å². The average Bonchev–Trinajstić information content (AvgIpc) is 3.09. The lowest BCUT2D eigenvalue weighted by Crippen LogP contribution is -2.42. The molecule has 6 rings (SSSR count). The van der Waals surface area contributed by atoms with E-state index in [2.05, 4.69) is 60.6 Å². The Bertz CT molecular complexity index is 1390. The Hall–Kier alpha value is -3.25. The van der Waals surface area contributed by atoms with Crippen LogP contribution in [0.15, 0.2) is 71.8 Å². The summed E-state index contributed by atoms with van der Waals surface area (Å²) in [5, 5.41) is 5.41. The van der Waals surface area contributed by atoms with Crippen LogP contribution in [0, 0.1) is 17.3 Å². The number of hydrogen-bond donors (Lipinski definition) is 1. The van der Waals surface area contributed by atoms with E-state index in [9.17, 15) is 9.59 Å². The van der Waals surface area contributed by atoms with Gasteiger partial charge in [-0.25, -0.2) is 0 Å². The van der Waals surface area contributed by atoms with Crippen LogP contribution in [-0.4, -0.2) is 42.0 Å². The molecule has 6 nitrogen and oxygen atoms in total. The Morgan fingerprint density at radius 3 is 2.84 bits per heavy atom. The number of carbonyl (C=O) groups is 2. The summed E-state index contributed by atoms with van der Waals surface area (Å²) in [4.78, 5) is 29.6. The van der Waals surface area contributed by atoms with Crippen LogP contribution < -0.4 is 5.32 Å². The standard InChI is InChI=1S/C31H34N2O4/c1-18(34)37-31(3)15-25-28-21(14-24-26(35)11-19(16-32-4)12-27(24)36-28)7-9-30(25,2)29(31)22-6-5-20-8-10-33-17-23(20)13-22/h5-10,13-14,17,19,25,28-29,32H,11-12,15-16H2,1-4H3/t19?,25-,28+,29+,30-,31?/m0/s1. The van der Waals surface area contributed by atoms with Gasteiger partial charge in [0.05, 0.1) is 5.57 Å². The average molecular weight is 499 g/mol. The number of nitrogens with one attached hydrogen (secondary N) is 1. The van der Waals surface area contributed by atoms with Crippen molar-refractivity contribution >= 4 is 22.5 Å². The van der Waals surface area contributed by atoms with Crippen molar-refractivity contribution in [3.63, 3.8) is 0 Å². The van der Waals surface area contributed by atoms with E-state index in [1.54, 1.807) is 6.20 Å². The molecule has 1 aliphatic heterocycles. The predicted molar refractivity (Wildman–Crippen MR) is 142 cm³/mol. The topological polar surface area (TPSA) is 77.5 Å². The van der Waals surface area contributed by atoms with Crippen LogP contribution in [0.2, 0.25) is 0 Å². The maximum Gasteiger partial charge on any atom is 0.303 e. The Morgan fingerprint density at radius 2 is 2.05 bits per heavy atom. The second-order valence-corrected chi connectivity index (χ2v) is 11.6. The van der Waals surface area contributed by atoms with Gasteiger partial charge in [0.2, 0.25) is 0 Å². The lowest BCUT2D eigenvalue weighted by atomic mass is 9.63. The zero-order chi connectivity index (χ0) is 25.9. The van der Waals surface area contributed by atoms with Crippen molar-refractivity contribution in [3.8, 4) is 0 Å². The smallest absolute Gasteiger partial charge is 0.303 e. The van der Waals surface area contributed by atoms with Crippen molar-refractivity contribution in [2.24, 2.45) is 17.3 Å². The summed E-state index contributed by atoms with van der Waals surface area (Å²) in [6.07, 6.45) is 11.9. The number of rotatable bonds is 4. The van der Waals surface area contributed by atoms with Gasteiger partial charge >= 0.3 is 5.97 Å². The Morgan fingerprint density at radius 1 is 1.22 bits per heavy atom. The molecular weight excluding hydrogens is 464 g/mol. The lowest BCUT2D eigenvalue weighted by Gasteiger charge is -2.45. The zero-order valence-corrected chi connectivity index (χ0v) is 21.9. The minimum Gasteiger partial charge on any atom is -0.489 e. The van der Waals surface area contributed by atoms with Gasteiger partial charge in [-0.3, -0.25) is 14.6 Å². The van der Waals surface area contributed by atoms with Crippen LogP contribution in [0.1, 0.15) is 51.5 Å². The van der Waals surface area contributed by atoms with E-state index in [1.165, 1.54) is 6.92 Å². The molecule has 6 heteroatoms. The second-order valence-electron chi connectivity index (χ2n) is 11.6. The van der Waals surface area contributed by atoms with Gasteiger partial charge in [0.1, 0.15) is 17.5 Å². The highest BCUT2D eigenvalue weighted by atomic mass is 16.6. The number of pyridine rings is 1. The van der Waals surface area contributed by atoms with Crippen molar-refractivity contribution in [2.75, 3.05) is 13.6 Å². The first-order valence-corrected chi connectivity index (χ1v) is 13.2. The summed E-state index contributed by atoms with van der Waals surface area (Å²) in [6, 6.07) is 8.48. The summed E-state index contributed by atoms with van der Waals surface area (Å²) in [5.74, 6) is 0.951. The quantitative estimate of drug-likeness (QED) is 0.597. The molecule has 0 bridgehead atoms. The van der Waals surface area contributed by atoms with Crippen LogP contribution in [0.3, 0.4) is 0 Å². The van der Waals surface area contributed by atoms with Crippen molar-refractivity contribution in [1.29, 1.82) is 0 Å². The number of ether oxygens (including phenoxy) is 2. The highest BCUT2D eigenvalue weighted by Gasteiger charge is 2.63. The van der Waals surface area contributed by atoms with Gasteiger partial charge in [-0.05, 0) is 67.6 Å². The maximum absolute atomic E-state index is 13.0. The van der Waals surface area contributed by atoms with Gasteiger partial charge in [0.25, 0.3) is 0 Å². The molecule has 3 aliphatic carbocycles. The molecule has 0 amide bonds. The third kappa shape index (κ3) is 3.84. The fourth-order valence-corrected chi connectivity index (χ4v) is 7.60. The number of hydrogen-bond acceptors (Lipinski definition) is 6. The van der Waals surface area contributed by atoms with Crippen molar-refractivity contribution < 1.29 is 19.1 Å². The number of aromatic nitrogens is 1. The first kappa shape index (κ1) is 24.1. The number of esters is 1. The van der Waals surface area contributed by atoms with E-state index in [-0.39, 0.29) is 41.0 Å². The minimum atomic E-state index is -0.712. The molecule has 192 valence electrons. The van der Waals surface area contributed by atoms with E-state index in [1.807, 2.05) is 19.3 Å². The maximum atomic E-state index is 13.0. The Balaban J connectivity index is 1.43. The Labute approximate surface area is 217 Å². The number of benzene rings is 1. The zero-order valence-electron chi connectivity index (χ0n) is 21.9. The second kappa shape index (κ2) is 8.66. The number of Topliss-reactive ketones (excluding diaryl/α,β-unsaturated/α-hetero) is 1. The third-order valence-corrected chi connectivity index (χ3v) is 8.98. The Kier molecular flexibility index (Phi) is 5.64. The molecule has 2 heterocycles. The summed E-state index contributed by atoms with van der Waals surface area (Å²) in [5.41, 5.74) is 1.87. The number of fused-ring (bicyclic) bond motifs is 4. The lowest BCUT2D eigenvalue weighted by molar-refractivity contribution is -0.157. The summed E-state index contributed by atoms with van der Waals surface area (Å²) < 4.78 is 12.9. The fourth-order valence-electron chi connectivity index (χ4n) is 7.60. The van der Waals surface area contributed by atoms with Crippen LogP contribution in [0.5, 0.6) is 0 Å². The van der Waals surface area contributed by atoms with E-state index < -0.39 is 5.60 Å².